The molecule has 2 aromatic rings. The molecular weight excluding hydrogens is 306 g/mol. The highest BCUT2D eigenvalue weighted by atomic mass is 16.3. The minimum atomic E-state index is -0.419. The number of carbonyl (C=O) groups is 1. The Morgan fingerprint density at radius 1 is 1.21 bits per heavy atom. The van der Waals surface area contributed by atoms with Gasteiger partial charge in [-0.2, -0.15) is 0 Å². The lowest BCUT2D eigenvalue weighted by Gasteiger charge is -2.34. The van der Waals surface area contributed by atoms with Crippen LogP contribution in [0.25, 0.3) is 10.9 Å². The van der Waals surface area contributed by atoms with Crippen molar-refractivity contribution in [1.29, 1.82) is 0 Å². The molecule has 0 bridgehead atoms. The summed E-state index contributed by atoms with van der Waals surface area (Å²) in [7, 11) is 0. The number of aryl methyl sites for hydroxylation is 1. The third kappa shape index (κ3) is 3.49. The number of rotatable bonds is 4. The van der Waals surface area contributed by atoms with E-state index in [0.717, 1.165) is 48.1 Å². The van der Waals surface area contributed by atoms with Crippen LogP contribution in [-0.4, -0.2) is 58.6 Å². The minimum absolute atomic E-state index is 0.0155. The maximum Gasteiger partial charge on any atom is 0.251 e. The first-order valence-corrected chi connectivity index (χ1v) is 8.36. The van der Waals surface area contributed by atoms with Gasteiger partial charge in [-0.15, -0.1) is 0 Å². The smallest absolute Gasteiger partial charge is 0.251 e. The summed E-state index contributed by atoms with van der Waals surface area (Å²) in [4.78, 5) is 30.4. The van der Waals surface area contributed by atoms with Gasteiger partial charge in [0.1, 0.15) is 6.61 Å². The molecule has 0 atom stereocenters. The number of benzene rings is 1. The Morgan fingerprint density at radius 2 is 1.96 bits per heavy atom. The quantitative estimate of drug-likeness (QED) is 0.867. The minimum Gasteiger partial charge on any atom is -0.387 e. The van der Waals surface area contributed by atoms with Gasteiger partial charge in [0, 0.05) is 43.8 Å². The van der Waals surface area contributed by atoms with Crippen LogP contribution in [0.3, 0.4) is 0 Å². The number of fused-ring (bicyclic) bond motifs is 1. The lowest BCUT2D eigenvalue weighted by Crippen LogP contribution is -2.49. The van der Waals surface area contributed by atoms with Crippen LogP contribution in [0.15, 0.2) is 29.1 Å². The average molecular weight is 329 g/mol. The molecule has 6 heteroatoms. The first-order chi connectivity index (χ1) is 11.6. The maximum atomic E-state index is 12.0. The fraction of sp³-hybridized carbons (Fsp3) is 0.444. The van der Waals surface area contributed by atoms with E-state index in [4.69, 9.17) is 5.11 Å². The molecule has 1 aliphatic heterocycles. The van der Waals surface area contributed by atoms with Crippen LogP contribution < -0.4 is 5.56 Å². The summed E-state index contributed by atoms with van der Waals surface area (Å²) in [6.45, 7) is 5.20. The molecule has 0 saturated carbocycles. The van der Waals surface area contributed by atoms with Gasteiger partial charge in [0.25, 0.3) is 5.56 Å². The van der Waals surface area contributed by atoms with Crippen LogP contribution in [-0.2, 0) is 17.8 Å². The number of pyridine rings is 1. The van der Waals surface area contributed by atoms with E-state index in [2.05, 4.69) is 16.0 Å². The van der Waals surface area contributed by atoms with E-state index >= 15 is 0 Å². The number of aliphatic hydroxyl groups excluding tert-OH is 1. The topological polar surface area (TPSA) is 76.6 Å². The molecule has 0 aliphatic carbocycles. The molecule has 2 N–H and O–H groups in total. The molecule has 1 amide bonds. The molecule has 0 radical (unpaired) electrons. The van der Waals surface area contributed by atoms with Gasteiger partial charge in [-0.05, 0) is 29.5 Å². The standard InChI is InChI=1S/C18H23N3O3/c1-2-14-10-15-4-3-13(9-16(15)19-18(14)24)11-20-5-7-21(8-6-20)17(23)12-22/h3-4,9-10,22H,2,5-8,11-12H2,1H3,(H,19,24). The lowest BCUT2D eigenvalue weighted by molar-refractivity contribution is -0.135. The molecule has 1 saturated heterocycles. The number of aromatic nitrogens is 1. The summed E-state index contributed by atoms with van der Waals surface area (Å²) in [6.07, 6.45) is 0.726. The Bertz CT molecular complexity index is 792. The van der Waals surface area contributed by atoms with Gasteiger partial charge in [0.15, 0.2) is 0 Å². The number of nitrogens with one attached hydrogen (secondary N) is 1. The van der Waals surface area contributed by atoms with Crippen molar-refractivity contribution in [2.75, 3.05) is 32.8 Å². The zero-order valence-corrected chi connectivity index (χ0v) is 13.9. The number of piperazine rings is 1. The van der Waals surface area contributed by atoms with Crippen LogP contribution in [0.4, 0.5) is 0 Å². The number of hydrogen-bond acceptors (Lipinski definition) is 4. The SMILES string of the molecule is CCc1cc2ccc(CN3CCN(C(=O)CO)CC3)cc2[nH]c1=O. The summed E-state index contributed by atoms with van der Waals surface area (Å²) in [5, 5.41) is 9.96. The third-order valence-electron chi connectivity index (χ3n) is 4.63. The van der Waals surface area contributed by atoms with E-state index in [1.54, 1.807) is 4.90 Å². The molecule has 3 rings (SSSR count). The van der Waals surface area contributed by atoms with Crippen LogP contribution in [0.2, 0.25) is 0 Å². The third-order valence-corrected chi connectivity index (χ3v) is 4.63. The average Bonchev–Trinajstić information content (AvgIpc) is 2.61. The second-order valence-electron chi connectivity index (χ2n) is 6.21. The predicted molar refractivity (Wildman–Crippen MR) is 92.9 cm³/mol. The van der Waals surface area contributed by atoms with E-state index in [1.807, 2.05) is 25.1 Å². The van der Waals surface area contributed by atoms with Crippen LogP contribution in [0, 0.1) is 0 Å². The van der Waals surface area contributed by atoms with Crippen LogP contribution in [0.1, 0.15) is 18.1 Å². The summed E-state index contributed by atoms with van der Waals surface area (Å²) in [5.41, 5.74) is 2.80. The molecule has 24 heavy (non-hydrogen) atoms. The van der Waals surface area contributed by atoms with Crippen LogP contribution in [0.5, 0.6) is 0 Å². The first kappa shape index (κ1) is 16.7. The van der Waals surface area contributed by atoms with Gasteiger partial charge in [0.2, 0.25) is 5.91 Å². The van der Waals surface area contributed by atoms with E-state index in [1.165, 1.54) is 0 Å². The summed E-state index contributed by atoms with van der Waals surface area (Å²) < 4.78 is 0. The molecule has 2 heterocycles. The van der Waals surface area contributed by atoms with E-state index < -0.39 is 6.61 Å². The normalized spacial score (nSPS) is 15.8. The van der Waals surface area contributed by atoms with E-state index in [-0.39, 0.29) is 11.5 Å². The van der Waals surface area contributed by atoms with Gasteiger partial charge < -0.3 is 15.0 Å². The molecule has 0 spiro atoms. The molecule has 6 nitrogen and oxygen atoms in total. The highest BCUT2D eigenvalue weighted by molar-refractivity contribution is 5.79. The Kier molecular flexibility index (Phi) is 4.97. The van der Waals surface area contributed by atoms with E-state index in [9.17, 15) is 9.59 Å². The number of amides is 1. The molecule has 128 valence electrons. The van der Waals surface area contributed by atoms with E-state index in [0.29, 0.717) is 13.1 Å². The van der Waals surface area contributed by atoms with Gasteiger partial charge in [-0.3, -0.25) is 14.5 Å². The number of carbonyl (C=O) groups excluding carboxylic acids is 1. The zero-order chi connectivity index (χ0) is 17.1. The molecule has 1 aromatic heterocycles. The Labute approximate surface area is 140 Å². The van der Waals surface area contributed by atoms with Crippen molar-refractivity contribution >= 4 is 16.8 Å². The van der Waals surface area contributed by atoms with Crippen molar-refractivity contribution in [1.82, 2.24) is 14.8 Å². The lowest BCUT2D eigenvalue weighted by atomic mass is 10.1. The number of aliphatic hydroxyl groups is 1. The fourth-order valence-corrected chi connectivity index (χ4v) is 3.17. The largest absolute Gasteiger partial charge is 0.387 e. The summed E-state index contributed by atoms with van der Waals surface area (Å²) >= 11 is 0. The number of hydrogen-bond donors (Lipinski definition) is 2. The monoisotopic (exact) mass is 329 g/mol. The van der Waals surface area contributed by atoms with Gasteiger partial charge in [-0.25, -0.2) is 0 Å². The maximum absolute atomic E-state index is 12.0. The predicted octanol–water partition coefficient (Wildman–Crippen LogP) is 0.727. The zero-order valence-electron chi connectivity index (χ0n) is 13.9. The van der Waals surface area contributed by atoms with Crippen molar-refractivity contribution in [2.24, 2.45) is 0 Å². The Morgan fingerprint density at radius 3 is 2.62 bits per heavy atom. The fourth-order valence-electron chi connectivity index (χ4n) is 3.17. The summed E-state index contributed by atoms with van der Waals surface area (Å²) in [6, 6.07) is 8.12. The van der Waals surface area contributed by atoms with Crippen molar-refractivity contribution in [2.45, 2.75) is 19.9 Å². The number of H-pyrrole nitrogens is 1. The van der Waals surface area contributed by atoms with Gasteiger partial charge >= 0.3 is 0 Å². The molecular formula is C18H23N3O3. The molecule has 1 aliphatic rings. The first-order valence-electron chi connectivity index (χ1n) is 8.36. The Hall–Kier alpha value is -2.18. The van der Waals surface area contributed by atoms with Crippen molar-refractivity contribution < 1.29 is 9.90 Å². The summed E-state index contributed by atoms with van der Waals surface area (Å²) in [5.74, 6) is -0.204. The van der Waals surface area contributed by atoms with Gasteiger partial charge in [-0.1, -0.05) is 19.1 Å². The molecule has 1 aromatic carbocycles. The second-order valence-corrected chi connectivity index (χ2v) is 6.21. The Balaban J connectivity index is 1.70. The van der Waals surface area contributed by atoms with Crippen molar-refractivity contribution in [3.8, 4) is 0 Å². The van der Waals surface area contributed by atoms with Crippen LogP contribution >= 0.6 is 0 Å². The number of aromatic amines is 1. The highest BCUT2D eigenvalue weighted by Gasteiger charge is 2.20. The molecule has 1 fully saturated rings. The molecule has 0 unspecified atom stereocenters. The number of nitrogens with zero attached hydrogens (tertiary/aromatic N) is 2. The van der Waals surface area contributed by atoms with Crippen molar-refractivity contribution in [3.05, 3.63) is 45.7 Å². The van der Waals surface area contributed by atoms with Crippen molar-refractivity contribution in [3.63, 3.8) is 0 Å². The van der Waals surface area contributed by atoms with Gasteiger partial charge in [0.05, 0.1) is 0 Å². The second kappa shape index (κ2) is 7.15. The highest BCUT2D eigenvalue weighted by Crippen LogP contribution is 2.16.